The number of benzene rings is 1. The molecule has 1 aromatic carbocycles. The van der Waals surface area contributed by atoms with Gasteiger partial charge in [-0.25, -0.2) is 4.98 Å². The molecule has 0 aliphatic carbocycles. The number of hydrogen-bond donors (Lipinski definition) is 0. The van der Waals surface area contributed by atoms with Crippen molar-refractivity contribution in [3.05, 3.63) is 41.4 Å². The van der Waals surface area contributed by atoms with Gasteiger partial charge in [0.25, 0.3) is 5.91 Å². The lowest BCUT2D eigenvalue weighted by Gasteiger charge is -2.34. The second kappa shape index (κ2) is 8.71. The van der Waals surface area contributed by atoms with Crippen molar-refractivity contribution in [2.75, 3.05) is 50.8 Å². The van der Waals surface area contributed by atoms with E-state index in [1.165, 1.54) is 5.56 Å². The van der Waals surface area contributed by atoms with E-state index in [2.05, 4.69) is 26.9 Å². The average Bonchev–Trinajstić information content (AvgIpc) is 3.42. The van der Waals surface area contributed by atoms with Gasteiger partial charge < -0.3 is 14.5 Å². The number of likely N-dealkylation sites (tertiary alicyclic amines) is 1. The summed E-state index contributed by atoms with van der Waals surface area (Å²) in [6.07, 6.45) is 4.09. The van der Waals surface area contributed by atoms with Crippen molar-refractivity contribution in [3.63, 3.8) is 0 Å². The number of anilines is 1. The second-order valence-electron chi connectivity index (χ2n) is 7.10. The molecular weight excluding hydrogens is 360 g/mol. The quantitative estimate of drug-likeness (QED) is 0.763. The maximum Gasteiger partial charge on any atom is 0.260 e. The van der Waals surface area contributed by atoms with Gasteiger partial charge in [0.1, 0.15) is 5.75 Å². The van der Waals surface area contributed by atoms with Crippen LogP contribution in [0.15, 0.2) is 35.8 Å². The molecule has 0 saturated carbocycles. The van der Waals surface area contributed by atoms with Gasteiger partial charge in [-0.2, -0.15) is 0 Å². The van der Waals surface area contributed by atoms with Crippen LogP contribution >= 0.6 is 11.3 Å². The molecule has 6 nitrogen and oxygen atoms in total. The van der Waals surface area contributed by atoms with E-state index in [-0.39, 0.29) is 12.5 Å². The number of aromatic nitrogens is 1. The summed E-state index contributed by atoms with van der Waals surface area (Å²) in [6, 6.07) is 8.14. The predicted octanol–water partition coefficient (Wildman–Crippen LogP) is 2.47. The summed E-state index contributed by atoms with van der Waals surface area (Å²) in [6.45, 7) is 6.95. The van der Waals surface area contributed by atoms with Crippen LogP contribution in [0.2, 0.25) is 0 Å². The van der Waals surface area contributed by atoms with Gasteiger partial charge in [0.2, 0.25) is 0 Å². The number of hydrogen-bond acceptors (Lipinski definition) is 6. The molecule has 0 spiro atoms. The highest BCUT2D eigenvalue weighted by molar-refractivity contribution is 7.13. The lowest BCUT2D eigenvalue weighted by Crippen LogP contribution is -2.45. The summed E-state index contributed by atoms with van der Waals surface area (Å²) in [5, 5.41) is 3.16. The van der Waals surface area contributed by atoms with Crippen LogP contribution in [0.25, 0.3) is 0 Å². The fraction of sp³-hybridized carbons (Fsp3) is 0.500. The summed E-state index contributed by atoms with van der Waals surface area (Å²) in [5.74, 6) is 0.856. The van der Waals surface area contributed by atoms with Crippen molar-refractivity contribution in [2.45, 2.75) is 19.4 Å². The molecule has 2 aliphatic heterocycles. The third kappa shape index (κ3) is 4.78. The summed E-state index contributed by atoms with van der Waals surface area (Å²) < 4.78 is 5.66. The zero-order valence-corrected chi connectivity index (χ0v) is 16.4. The van der Waals surface area contributed by atoms with E-state index in [0.717, 1.165) is 69.5 Å². The molecular formula is C20H26N4O2S. The molecule has 27 heavy (non-hydrogen) atoms. The first-order valence-electron chi connectivity index (χ1n) is 9.64. The largest absolute Gasteiger partial charge is 0.484 e. The molecule has 1 aromatic heterocycles. The molecule has 2 saturated heterocycles. The Morgan fingerprint density at radius 1 is 1.04 bits per heavy atom. The van der Waals surface area contributed by atoms with E-state index < -0.39 is 0 Å². The number of ether oxygens (including phenoxy) is 1. The highest BCUT2D eigenvalue weighted by atomic mass is 32.1. The van der Waals surface area contributed by atoms with Gasteiger partial charge in [0.05, 0.1) is 0 Å². The molecule has 0 N–H and O–H groups in total. The smallest absolute Gasteiger partial charge is 0.260 e. The summed E-state index contributed by atoms with van der Waals surface area (Å²) in [4.78, 5) is 23.2. The zero-order valence-electron chi connectivity index (χ0n) is 15.5. The Bertz CT molecular complexity index is 721. The molecule has 3 heterocycles. The van der Waals surface area contributed by atoms with E-state index >= 15 is 0 Å². The Kier molecular flexibility index (Phi) is 5.89. The monoisotopic (exact) mass is 386 g/mol. The number of rotatable bonds is 6. The topological polar surface area (TPSA) is 48.9 Å². The first-order valence-corrected chi connectivity index (χ1v) is 10.5. The molecule has 2 aromatic rings. The molecule has 144 valence electrons. The molecule has 0 radical (unpaired) electrons. The van der Waals surface area contributed by atoms with E-state index in [1.54, 1.807) is 11.3 Å². The molecule has 0 atom stereocenters. The SMILES string of the molecule is O=C(COc1ccc(CN2CCN(c3nccs3)CC2)cc1)N1CCCC1. The molecule has 2 aliphatic rings. The van der Waals surface area contributed by atoms with Gasteiger partial charge in [0, 0.05) is 57.4 Å². The van der Waals surface area contributed by atoms with Crippen molar-refractivity contribution in [3.8, 4) is 5.75 Å². The maximum absolute atomic E-state index is 12.0. The molecule has 7 heteroatoms. The lowest BCUT2D eigenvalue weighted by molar-refractivity contribution is -0.132. The van der Waals surface area contributed by atoms with Crippen LogP contribution in [-0.4, -0.2) is 66.6 Å². The fourth-order valence-electron chi connectivity index (χ4n) is 3.62. The van der Waals surface area contributed by atoms with Gasteiger partial charge in [-0.3, -0.25) is 9.69 Å². The Morgan fingerprint density at radius 3 is 2.44 bits per heavy atom. The molecule has 0 bridgehead atoms. The zero-order chi connectivity index (χ0) is 18.5. The molecule has 1 amide bonds. The minimum atomic E-state index is 0.0923. The third-order valence-electron chi connectivity index (χ3n) is 5.21. The van der Waals surface area contributed by atoms with Crippen LogP contribution < -0.4 is 9.64 Å². The highest BCUT2D eigenvalue weighted by Crippen LogP contribution is 2.20. The van der Waals surface area contributed by atoms with Crippen LogP contribution in [0, 0.1) is 0 Å². The fourth-order valence-corrected chi connectivity index (χ4v) is 4.32. The second-order valence-corrected chi connectivity index (χ2v) is 7.97. The molecule has 2 fully saturated rings. The van der Waals surface area contributed by atoms with Crippen LogP contribution in [0.5, 0.6) is 5.75 Å². The number of nitrogens with zero attached hydrogens (tertiary/aromatic N) is 4. The number of carbonyl (C=O) groups excluding carboxylic acids is 1. The minimum absolute atomic E-state index is 0.0923. The Labute approximate surface area is 164 Å². The van der Waals surface area contributed by atoms with Crippen molar-refractivity contribution >= 4 is 22.4 Å². The van der Waals surface area contributed by atoms with Crippen molar-refractivity contribution < 1.29 is 9.53 Å². The summed E-state index contributed by atoms with van der Waals surface area (Å²) in [5.41, 5.74) is 1.27. The lowest BCUT2D eigenvalue weighted by atomic mass is 10.2. The minimum Gasteiger partial charge on any atom is -0.484 e. The summed E-state index contributed by atoms with van der Waals surface area (Å²) in [7, 11) is 0. The van der Waals surface area contributed by atoms with Crippen molar-refractivity contribution in [1.29, 1.82) is 0 Å². The summed E-state index contributed by atoms with van der Waals surface area (Å²) >= 11 is 1.71. The van der Waals surface area contributed by atoms with Gasteiger partial charge in [-0.1, -0.05) is 12.1 Å². The standard InChI is InChI=1S/C20H26N4O2S/c25-19(23-8-1-2-9-23)16-26-18-5-3-17(4-6-18)15-22-10-12-24(13-11-22)20-21-7-14-27-20/h3-7,14H,1-2,8-13,15-16H2. The van der Waals surface area contributed by atoms with Crippen LogP contribution in [-0.2, 0) is 11.3 Å². The van der Waals surface area contributed by atoms with E-state index in [0.29, 0.717) is 0 Å². The number of thiazole rings is 1. The van der Waals surface area contributed by atoms with Gasteiger partial charge in [0.15, 0.2) is 11.7 Å². The predicted molar refractivity (Wildman–Crippen MR) is 107 cm³/mol. The third-order valence-corrected chi connectivity index (χ3v) is 6.04. The highest BCUT2D eigenvalue weighted by Gasteiger charge is 2.19. The van der Waals surface area contributed by atoms with Crippen LogP contribution in [0.3, 0.4) is 0 Å². The van der Waals surface area contributed by atoms with Crippen molar-refractivity contribution in [1.82, 2.24) is 14.8 Å². The number of carbonyl (C=O) groups is 1. The van der Waals surface area contributed by atoms with Gasteiger partial charge in [-0.15, -0.1) is 11.3 Å². The van der Waals surface area contributed by atoms with Crippen LogP contribution in [0.1, 0.15) is 18.4 Å². The molecule has 0 unspecified atom stereocenters. The van der Waals surface area contributed by atoms with Gasteiger partial charge in [-0.05, 0) is 30.5 Å². The Morgan fingerprint density at radius 2 is 1.78 bits per heavy atom. The van der Waals surface area contributed by atoms with Crippen LogP contribution in [0.4, 0.5) is 5.13 Å². The Hall–Kier alpha value is -2.12. The first kappa shape index (κ1) is 18.3. The van der Waals surface area contributed by atoms with Crippen molar-refractivity contribution in [2.24, 2.45) is 0 Å². The molecule has 4 rings (SSSR count). The number of piperazine rings is 1. The maximum atomic E-state index is 12.0. The Balaban J connectivity index is 1.22. The number of amides is 1. The first-order chi connectivity index (χ1) is 13.3. The van der Waals surface area contributed by atoms with Gasteiger partial charge >= 0.3 is 0 Å². The normalized spacial score (nSPS) is 18.1. The van der Waals surface area contributed by atoms with E-state index in [9.17, 15) is 4.79 Å². The van der Waals surface area contributed by atoms with E-state index in [1.807, 2.05) is 28.6 Å². The van der Waals surface area contributed by atoms with E-state index in [4.69, 9.17) is 4.74 Å². The average molecular weight is 387 g/mol.